The highest BCUT2D eigenvalue weighted by Gasteiger charge is 2.26. The van der Waals surface area contributed by atoms with Crippen molar-refractivity contribution in [1.82, 2.24) is 15.2 Å². The zero-order chi connectivity index (χ0) is 15.4. The van der Waals surface area contributed by atoms with Crippen molar-refractivity contribution in [3.8, 4) is 0 Å². The van der Waals surface area contributed by atoms with E-state index in [0.29, 0.717) is 31.6 Å². The Kier molecular flexibility index (Phi) is 4.82. The monoisotopic (exact) mass is 297 g/mol. The fourth-order valence-electron chi connectivity index (χ4n) is 2.35. The number of nitrogens with zero attached hydrogens (tertiary/aromatic N) is 2. The summed E-state index contributed by atoms with van der Waals surface area (Å²) in [7, 11) is 0. The lowest BCUT2D eigenvalue weighted by atomic mass is 9.96. The molecule has 1 N–H and O–H groups in total. The summed E-state index contributed by atoms with van der Waals surface area (Å²) in [5, 5.41) is 2.75. The van der Waals surface area contributed by atoms with Crippen molar-refractivity contribution >= 4 is 11.8 Å². The number of carbonyl (C=O) groups excluding carboxylic acids is 2. The second-order valence-electron chi connectivity index (χ2n) is 5.16. The average Bonchev–Trinajstić information content (AvgIpc) is 2.45. The number of nitrogens with one attached hydrogen (secondary N) is 1. The Bertz CT molecular complexity index is 543. The van der Waals surface area contributed by atoms with Crippen LogP contribution in [0.5, 0.6) is 0 Å². The van der Waals surface area contributed by atoms with Crippen LogP contribution in [-0.4, -0.2) is 41.3 Å². The average molecular weight is 297 g/mol. The normalized spacial score (nSPS) is 15.9. The van der Waals surface area contributed by atoms with Gasteiger partial charge in [-0.05, 0) is 18.8 Å². The van der Waals surface area contributed by atoms with Gasteiger partial charge in [-0.1, -0.05) is 0 Å². The highest BCUT2D eigenvalue weighted by atomic mass is 19.1. The minimum absolute atomic E-state index is 0.0777. The first-order chi connectivity index (χ1) is 9.97. The molecule has 1 aliphatic heterocycles. The van der Waals surface area contributed by atoms with Crippen LogP contribution in [0, 0.1) is 17.6 Å². The Morgan fingerprint density at radius 3 is 2.62 bits per heavy atom. The molecule has 1 fully saturated rings. The summed E-state index contributed by atoms with van der Waals surface area (Å²) in [6, 6.07) is 0.657. The number of piperidine rings is 1. The van der Waals surface area contributed by atoms with Crippen LogP contribution in [0.3, 0.4) is 0 Å². The van der Waals surface area contributed by atoms with Crippen LogP contribution >= 0.6 is 0 Å². The standard InChI is InChI=1S/C14H17F2N3O2/c1-9(20)17-7-10-2-4-19(5-3-10)14(21)13-12(16)6-11(15)8-18-13/h6,8,10H,2-5,7H2,1H3,(H,17,20). The van der Waals surface area contributed by atoms with E-state index in [9.17, 15) is 18.4 Å². The quantitative estimate of drug-likeness (QED) is 0.916. The predicted octanol–water partition coefficient (Wildman–Crippen LogP) is 1.35. The van der Waals surface area contributed by atoms with Gasteiger partial charge in [-0.15, -0.1) is 0 Å². The van der Waals surface area contributed by atoms with Crippen molar-refractivity contribution < 1.29 is 18.4 Å². The maximum Gasteiger partial charge on any atom is 0.275 e. The molecule has 0 radical (unpaired) electrons. The summed E-state index contributed by atoms with van der Waals surface area (Å²) >= 11 is 0. The summed E-state index contributed by atoms with van der Waals surface area (Å²) < 4.78 is 26.3. The molecule has 1 aliphatic rings. The largest absolute Gasteiger partial charge is 0.356 e. The molecule has 7 heteroatoms. The number of halogens is 2. The van der Waals surface area contributed by atoms with Gasteiger partial charge in [-0.3, -0.25) is 9.59 Å². The second-order valence-corrected chi connectivity index (χ2v) is 5.16. The third-order valence-corrected chi connectivity index (χ3v) is 3.55. The fraction of sp³-hybridized carbons (Fsp3) is 0.500. The Labute approximate surface area is 121 Å². The van der Waals surface area contributed by atoms with Crippen molar-refractivity contribution in [3.63, 3.8) is 0 Å². The smallest absolute Gasteiger partial charge is 0.275 e. The van der Waals surface area contributed by atoms with Crippen LogP contribution in [0.25, 0.3) is 0 Å². The molecule has 2 rings (SSSR count). The van der Waals surface area contributed by atoms with E-state index in [0.717, 1.165) is 19.0 Å². The van der Waals surface area contributed by atoms with Crippen LogP contribution < -0.4 is 5.32 Å². The van der Waals surface area contributed by atoms with Crippen LogP contribution in [-0.2, 0) is 4.79 Å². The Hall–Kier alpha value is -2.05. The van der Waals surface area contributed by atoms with Crippen LogP contribution in [0.15, 0.2) is 12.3 Å². The molecule has 2 amide bonds. The number of likely N-dealkylation sites (tertiary alicyclic amines) is 1. The number of amides is 2. The van der Waals surface area contributed by atoms with Gasteiger partial charge in [-0.2, -0.15) is 0 Å². The number of carbonyl (C=O) groups is 2. The maximum atomic E-state index is 13.5. The number of pyridine rings is 1. The van der Waals surface area contributed by atoms with Gasteiger partial charge in [0.05, 0.1) is 6.20 Å². The molecule has 0 aromatic carbocycles. The maximum absolute atomic E-state index is 13.5. The molecule has 114 valence electrons. The summed E-state index contributed by atoms with van der Waals surface area (Å²) in [6.07, 6.45) is 2.30. The van der Waals surface area contributed by atoms with Crippen LogP contribution in [0.1, 0.15) is 30.3 Å². The molecule has 21 heavy (non-hydrogen) atoms. The Morgan fingerprint density at radius 1 is 1.38 bits per heavy atom. The van der Waals surface area contributed by atoms with E-state index in [1.54, 1.807) is 0 Å². The van der Waals surface area contributed by atoms with E-state index in [1.165, 1.54) is 11.8 Å². The van der Waals surface area contributed by atoms with E-state index in [4.69, 9.17) is 0 Å². The molecule has 1 aromatic rings. The number of rotatable bonds is 3. The van der Waals surface area contributed by atoms with Crippen LogP contribution in [0.2, 0.25) is 0 Å². The third kappa shape index (κ3) is 3.96. The molecule has 1 aromatic heterocycles. The first kappa shape index (κ1) is 15.3. The van der Waals surface area contributed by atoms with Gasteiger partial charge >= 0.3 is 0 Å². The topological polar surface area (TPSA) is 62.3 Å². The zero-order valence-electron chi connectivity index (χ0n) is 11.7. The minimum atomic E-state index is -0.944. The fourth-order valence-corrected chi connectivity index (χ4v) is 2.35. The lowest BCUT2D eigenvalue weighted by Gasteiger charge is -2.31. The molecule has 0 bridgehead atoms. The van der Waals surface area contributed by atoms with Gasteiger partial charge in [0.2, 0.25) is 5.91 Å². The molecule has 0 saturated carbocycles. The zero-order valence-corrected chi connectivity index (χ0v) is 11.7. The molecule has 5 nitrogen and oxygen atoms in total. The lowest BCUT2D eigenvalue weighted by Crippen LogP contribution is -2.41. The number of hydrogen-bond donors (Lipinski definition) is 1. The molecule has 2 heterocycles. The molecule has 0 unspecified atom stereocenters. The van der Waals surface area contributed by atoms with E-state index < -0.39 is 17.5 Å². The first-order valence-corrected chi connectivity index (χ1v) is 6.82. The van der Waals surface area contributed by atoms with E-state index in [2.05, 4.69) is 10.3 Å². The Balaban J connectivity index is 1.92. The molecule has 0 atom stereocenters. The van der Waals surface area contributed by atoms with Crippen molar-refractivity contribution in [1.29, 1.82) is 0 Å². The van der Waals surface area contributed by atoms with Crippen LogP contribution in [0.4, 0.5) is 8.78 Å². The van der Waals surface area contributed by atoms with E-state index in [-0.39, 0.29) is 11.6 Å². The van der Waals surface area contributed by atoms with Gasteiger partial charge in [0, 0.05) is 32.6 Å². The van der Waals surface area contributed by atoms with Gasteiger partial charge in [-0.25, -0.2) is 13.8 Å². The van der Waals surface area contributed by atoms with Crippen molar-refractivity contribution in [2.24, 2.45) is 5.92 Å². The van der Waals surface area contributed by atoms with Crippen molar-refractivity contribution in [2.75, 3.05) is 19.6 Å². The van der Waals surface area contributed by atoms with Crippen molar-refractivity contribution in [3.05, 3.63) is 29.6 Å². The molecular formula is C14H17F2N3O2. The van der Waals surface area contributed by atoms with Gasteiger partial charge < -0.3 is 10.2 Å². The van der Waals surface area contributed by atoms with Crippen molar-refractivity contribution in [2.45, 2.75) is 19.8 Å². The SMILES string of the molecule is CC(=O)NCC1CCN(C(=O)c2ncc(F)cc2F)CC1. The van der Waals surface area contributed by atoms with E-state index >= 15 is 0 Å². The molecule has 0 aliphatic carbocycles. The van der Waals surface area contributed by atoms with Gasteiger partial charge in [0.25, 0.3) is 5.91 Å². The van der Waals surface area contributed by atoms with Gasteiger partial charge in [0.15, 0.2) is 11.5 Å². The molecule has 0 spiro atoms. The van der Waals surface area contributed by atoms with Gasteiger partial charge in [0.1, 0.15) is 5.82 Å². The number of hydrogen-bond acceptors (Lipinski definition) is 3. The van der Waals surface area contributed by atoms with E-state index in [1.807, 2.05) is 0 Å². The third-order valence-electron chi connectivity index (χ3n) is 3.55. The Morgan fingerprint density at radius 2 is 2.05 bits per heavy atom. The summed E-state index contributed by atoms with van der Waals surface area (Å²) in [5.74, 6) is -2.04. The molecular weight excluding hydrogens is 280 g/mol. The predicted molar refractivity (Wildman–Crippen MR) is 71.5 cm³/mol. The lowest BCUT2D eigenvalue weighted by molar-refractivity contribution is -0.119. The first-order valence-electron chi connectivity index (χ1n) is 6.82. The second kappa shape index (κ2) is 6.60. The summed E-state index contributed by atoms with van der Waals surface area (Å²) in [4.78, 5) is 28.0. The summed E-state index contributed by atoms with van der Waals surface area (Å²) in [5.41, 5.74) is -0.350. The highest BCUT2D eigenvalue weighted by molar-refractivity contribution is 5.92. The minimum Gasteiger partial charge on any atom is -0.356 e. The molecule has 1 saturated heterocycles. The summed E-state index contributed by atoms with van der Waals surface area (Å²) in [6.45, 7) is 2.99. The number of aromatic nitrogens is 1. The highest BCUT2D eigenvalue weighted by Crippen LogP contribution is 2.19.